The Morgan fingerprint density at radius 2 is 1.27 bits per heavy atom. The summed E-state index contributed by atoms with van der Waals surface area (Å²) in [4.78, 5) is 5.18. The van der Waals surface area contributed by atoms with Crippen molar-refractivity contribution >= 4 is 21.4 Å². The molecular weight excluding hydrogens is 371 g/mol. The van der Waals surface area contributed by atoms with Crippen LogP contribution in [0.4, 0.5) is 0 Å². The molecule has 0 bridgehead atoms. The second kappa shape index (κ2) is 13.1. The molecule has 0 aliphatic heterocycles. The van der Waals surface area contributed by atoms with Crippen LogP contribution in [0, 0.1) is 0 Å². The second-order valence-electron chi connectivity index (χ2n) is 8.02. The molecule has 0 amide bonds. The van der Waals surface area contributed by atoms with Crippen LogP contribution in [-0.4, -0.2) is 70.0 Å². The molecule has 0 saturated carbocycles. The van der Waals surface area contributed by atoms with E-state index in [0.29, 0.717) is 12.1 Å². The summed E-state index contributed by atoms with van der Waals surface area (Å²) >= 11 is -1.31. The molecule has 0 spiro atoms. The first-order valence-corrected chi connectivity index (χ1v) is 16.3. The fourth-order valence-electron chi connectivity index (χ4n) is 3.58. The molecule has 132 valence electrons. The Balaban J connectivity index is 4.09. The predicted molar refractivity (Wildman–Crippen MR) is 104 cm³/mol. The van der Waals surface area contributed by atoms with Gasteiger partial charge in [-0.05, 0) is 0 Å². The standard InChI is InChI=1S/C9H20N.C7H16N.C3H7.In/c1-6-7-10(8(2)3)9(4)5;1-4-6-8(3)7-5-2;1-3-2;/h8-9H,1,6-7H2,2-5H3;1,4-7H2,2-3H3;3H,1-2H3;. The Kier molecular flexibility index (Phi) is 13.6. The van der Waals surface area contributed by atoms with Crippen molar-refractivity contribution in [1.82, 2.24) is 9.80 Å². The van der Waals surface area contributed by atoms with E-state index in [-0.39, 0.29) is 0 Å². The molecule has 0 atom stereocenters. The normalized spacial score (nSPS) is 12.4. The van der Waals surface area contributed by atoms with E-state index in [0.717, 1.165) is 3.67 Å². The van der Waals surface area contributed by atoms with Gasteiger partial charge in [0.2, 0.25) is 0 Å². The molecule has 0 unspecified atom stereocenters. The Bertz CT molecular complexity index is 246. The van der Waals surface area contributed by atoms with Crippen molar-refractivity contribution in [3.05, 3.63) is 0 Å². The van der Waals surface area contributed by atoms with Gasteiger partial charge in [-0.2, -0.15) is 0 Å². The van der Waals surface area contributed by atoms with E-state index in [1.165, 1.54) is 38.9 Å². The number of nitrogens with zero attached hydrogens (tertiary/aromatic N) is 2. The van der Waals surface area contributed by atoms with E-state index in [1.54, 1.807) is 8.35 Å². The van der Waals surface area contributed by atoms with Gasteiger partial charge < -0.3 is 0 Å². The Hall–Kier alpha value is 0.790. The summed E-state index contributed by atoms with van der Waals surface area (Å²) in [7, 11) is 2.28. The zero-order valence-corrected chi connectivity index (χ0v) is 20.2. The molecule has 0 aliphatic rings. The van der Waals surface area contributed by atoms with Crippen molar-refractivity contribution in [1.29, 1.82) is 0 Å². The fourth-order valence-corrected chi connectivity index (χ4v) is 12.2. The van der Waals surface area contributed by atoms with Crippen LogP contribution in [0.2, 0.25) is 12.0 Å². The molecule has 0 radical (unpaired) electrons. The number of hydrogen-bond donors (Lipinski definition) is 0. The van der Waals surface area contributed by atoms with Gasteiger partial charge in [-0.15, -0.1) is 0 Å². The van der Waals surface area contributed by atoms with Gasteiger partial charge in [0.05, 0.1) is 0 Å². The molecule has 0 aliphatic carbocycles. The van der Waals surface area contributed by atoms with E-state index in [2.05, 4.69) is 65.3 Å². The van der Waals surface area contributed by atoms with Gasteiger partial charge >= 0.3 is 150 Å². The summed E-state index contributed by atoms with van der Waals surface area (Å²) < 4.78 is 4.24. The predicted octanol–water partition coefficient (Wildman–Crippen LogP) is 5.13. The van der Waals surface area contributed by atoms with E-state index in [4.69, 9.17) is 0 Å². The summed E-state index contributed by atoms with van der Waals surface area (Å²) in [6.07, 6.45) is 4.18. The third-order valence-electron chi connectivity index (χ3n) is 4.98. The first kappa shape index (κ1) is 22.8. The maximum absolute atomic E-state index is 2.66. The fraction of sp³-hybridized carbons (Fsp3) is 1.00. The quantitative estimate of drug-likeness (QED) is 0.412. The summed E-state index contributed by atoms with van der Waals surface area (Å²) in [6.45, 7) is 20.5. The topological polar surface area (TPSA) is 6.48 Å². The monoisotopic (exact) mass is 414 g/mol. The van der Waals surface area contributed by atoms with E-state index in [1.807, 2.05) is 0 Å². The van der Waals surface area contributed by atoms with Crippen molar-refractivity contribution in [3.8, 4) is 0 Å². The third-order valence-corrected chi connectivity index (χ3v) is 16.9. The molecule has 0 aromatic rings. The average molecular weight is 414 g/mol. The Morgan fingerprint density at radius 3 is 1.68 bits per heavy atom. The maximum atomic E-state index is 2.66. The number of hydrogen-bond acceptors (Lipinski definition) is 2. The van der Waals surface area contributed by atoms with Crippen molar-refractivity contribution in [2.75, 3.05) is 26.7 Å². The Morgan fingerprint density at radius 1 is 0.773 bits per heavy atom. The molecule has 0 heterocycles. The molecule has 0 fully saturated rings. The van der Waals surface area contributed by atoms with Gasteiger partial charge in [0.25, 0.3) is 0 Å². The van der Waals surface area contributed by atoms with Crippen molar-refractivity contribution < 1.29 is 0 Å². The summed E-state index contributed by atoms with van der Waals surface area (Å²) in [5, 5.41) is 0. The van der Waals surface area contributed by atoms with Gasteiger partial charge in [0.15, 0.2) is 0 Å². The van der Waals surface area contributed by atoms with Gasteiger partial charge in [-0.1, -0.05) is 0 Å². The van der Waals surface area contributed by atoms with Crippen LogP contribution in [0.25, 0.3) is 0 Å². The van der Waals surface area contributed by atoms with Crippen LogP contribution in [-0.2, 0) is 0 Å². The van der Waals surface area contributed by atoms with Gasteiger partial charge in [0.1, 0.15) is 0 Å². The Labute approximate surface area is 149 Å². The molecule has 2 nitrogen and oxygen atoms in total. The van der Waals surface area contributed by atoms with Crippen molar-refractivity contribution in [2.24, 2.45) is 0 Å². The molecule has 0 aromatic carbocycles. The van der Waals surface area contributed by atoms with Gasteiger partial charge in [0, 0.05) is 0 Å². The van der Waals surface area contributed by atoms with Crippen LogP contribution in [0.5, 0.6) is 0 Å². The first-order valence-electron chi connectivity index (χ1n) is 9.73. The summed E-state index contributed by atoms with van der Waals surface area (Å²) in [6, 6.07) is 1.38. The second-order valence-corrected chi connectivity index (χ2v) is 19.5. The SMILES string of the molecule is CCCN(C)CC[CH2][In]([CH2]CCN(C(C)C)C(C)C)[CH](C)C. The van der Waals surface area contributed by atoms with E-state index in [9.17, 15) is 0 Å². The molecule has 3 heteroatoms. The third kappa shape index (κ3) is 10.5. The average Bonchev–Trinajstić information content (AvgIpc) is 2.40. The number of rotatable bonds is 13. The molecular formula is C19H43InN2. The van der Waals surface area contributed by atoms with Crippen LogP contribution >= 0.6 is 0 Å². The van der Waals surface area contributed by atoms with Gasteiger partial charge in [-0.25, -0.2) is 0 Å². The first-order chi connectivity index (χ1) is 10.3. The van der Waals surface area contributed by atoms with Crippen LogP contribution in [0.3, 0.4) is 0 Å². The summed E-state index contributed by atoms with van der Waals surface area (Å²) in [5.41, 5.74) is 0. The molecule has 0 rings (SSSR count). The molecule has 0 N–H and O–H groups in total. The van der Waals surface area contributed by atoms with Gasteiger partial charge in [-0.3, -0.25) is 0 Å². The van der Waals surface area contributed by atoms with E-state index >= 15 is 0 Å². The van der Waals surface area contributed by atoms with Crippen molar-refractivity contribution in [2.45, 2.75) is 91.8 Å². The van der Waals surface area contributed by atoms with Crippen molar-refractivity contribution in [3.63, 3.8) is 0 Å². The van der Waals surface area contributed by atoms with Crippen LogP contribution < -0.4 is 0 Å². The molecule has 0 saturated heterocycles. The minimum atomic E-state index is -1.31. The van der Waals surface area contributed by atoms with Crippen LogP contribution in [0.1, 0.15) is 67.7 Å². The van der Waals surface area contributed by atoms with E-state index < -0.39 is 21.4 Å². The zero-order chi connectivity index (χ0) is 17.1. The summed E-state index contributed by atoms with van der Waals surface area (Å²) in [5.74, 6) is 0. The van der Waals surface area contributed by atoms with Crippen LogP contribution in [0.15, 0.2) is 0 Å². The molecule has 0 aromatic heterocycles. The zero-order valence-electron chi connectivity index (χ0n) is 16.9. The minimum absolute atomic E-state index is 0.690. The molecule has 22 heavy (non-hydrogen) atoms.